The molecule has 1 rings (SSSR count). The van der Waals surface area contributed by atoms with Crippen LogP contribution in [-0.2, 0) is 0 Å². The van der Waals surface area contributed by atoms with Gasteiger partial charge >= 0.3 is 0 Å². The topological polar surface area (TPSA) is 50.1 Å². The molecule has 0 heterocycles. The second-order valence-corrected chi connectivity index (χ2v) is 3.39. The fourth-order valence-electron chi connectivity index (χ4n) is 1.22. The van der Waals surface area contributed by atoms with E-state index in [-0.39, 0.29) is 18.1 Å². The van der Waals surface area contributed by atoms with E-state index in [1.54, 1.807) is 38.3 Å². The highest BCUT2D eigenvalue weighted by atomic mass is 16.5. The number of hydrogen-bond acceptors (Lipinski definition) is 3. The minimum atomic E-state index is -0.236. The predicted octanol–water partition coefficient (Wildman–Crippen LogP) is 2.43. The van der Waals surface area contributed by atoms with Crippen molar-refractivity contribution in [3.63, 3.8) is 0 Å². The Kier molecular flexibility index (Phi) is 3.87. The van der Waals surface area contributed by atoms with E-state index in [2.05, 4.69) is 0 Å². The smallest absolute Gasteiger partial charge is 0.164 e. The molecule has 0 saturated heterocycles. The van der Waals surface area contributed by atoms with E-state index in [0.717, 1.165) is 5.75 Å². The van der Waals surface area contributed by atoms with Crippen molar-refractivity contribution in [2.45, 2.75) is 13.3 Å². The number of nitrogens with zero attached hydrogens (tertiary/aromatic N) is 1. The van der Waals surface area contributed by atoms with Crippen molar-refractivity contribution in [2.24, 2.45) is 5.92 Å². The minimum Gasteiger partial charge on any atom is -0.497 e. The molecule has 15 heavy (non-hydrogen) atoms. The van der Waals surface area contributed by atoms with E-state index < -0.39 is 0 Å². The Bertz CT molecular complexity index is 376. The zero-order chi connectivity index (χ0) is 11.3. The van der Waals surface area contributed by atoms with E-state index in [1.165, 1.54) is 0 Å². The van der Waals surface area contributed by atoms with Gasteiger partial charge in [0, 0.05) is 12.0 Å². The van der Waals surface area contributed by atoms with Gasteiger partial charge in [-0.05, 0) is 31.2 Å². The number of Topliss-reactive ketones (excluding diaryl/α,β-unsaturated/α-hetero) is 1. The number of rotatable bonds is 4. The largest absolute Gasteiger partial charge is 0.497 e. The number of methoxy groups -OCH3 is 1. The molecule has 78 valence electrons. The lowest BCUT2D eigenvalue weighted by Gasteiger charge is -2.03. The third kappa shape index (κ3) is 3.10. The lowest BCUT2D eigenvalue weighted by Crippen LogP contribution is -2.04. The van der Waals surface area contributed by atoms with Crippen molar-refractivity contribution in [1.82, 2.24) is 0 Å². The maximum Gasteiger partial charge on any atom is 0.164 e. The third-order valence-electron chi connectivity index (χ3n) is 2.12. The van der Waals surface area contributed by atoms with Gasteiger partial charge in [0.15, 0.2) is 5.78 Å². The molecule has 3 nitrogen and oxygen atoms in total. The molecule has 0 aliphatic carbocycles. The van der Waals surface area contributed by atoms with Gasteiger partial charge < -0.3 is 4.74 Å². The summed E-state index contributed by atoms with van der Waals surface area (Å²) in [6, 6.07) is 8.95. The van der Waals surface area contributed by atoms with Gasteiger partial charge in [-0.25, -0.2) is 0 Å². The summed E-state index contributed by atoms with van der Waals surface area (Å²) >= 11 is 0. The van der Waals surface area contributed by atoms with Gasteiger partial charge in [0.1, 0.15) is 5.75 Å². The minimum absolute atomic E-state index is 0.00768. The highest BCUT2D eigenvalue weighted by Crippen LogP contribution is 2.14. The second kappa shape index (κ2) is 5.16. The summed E-state index contributed by atoms with van der Waals surface area (Å²) < 4.78 is 4.99. The average molecular weight is 203 g/mol. The fraction of sp³-hybridized carbons (Fsp3) is 0.333. The normalized spacial score (nSPS) is 11.5. The van der Waals surface area contributed by atoms with Crippen LogP contribution in [0.4, 0.5) is 0 Å². The molecule has 0 saturated carbocycles. The molecule has 0 aliphatic rings. The number of ether oxygens (including phenoxy) is 1. The monoisotopic (exact) mass is 203 g/mol. The van der Waals surface area contributed by atoms with Crippen LogP contribution in [0.2, 0.25) is 0 Å². The molecule has 1 aromatic rings. The number of nitriles is 1. The summed E-state index contributed by atoms with van der Waals surface area (Å²) in [6.07, 6.45) is 0.267. The van der Waals surface area contributed by atoms with Crippen molar-refractivity contribution in [2.75, 3.05) is 7.11 Å². The molecule has 0 amide bonds. The maximum absolute atomic E-state index is 11.6. The Morgan fingerprint density at radius 3 is 2.53 bits per heavy atom. The molecule has 0 aliphatic heterocycles. The van der Waals surface area contributed by atoms with Crippen molar-refractivity contribution in [3.05, 3.63) is 29.8 Å². The second-order valence-electron chi connectivity index (χ2n) is 3.39. The molecule has 0 aromatic heterocycles. The maximum atomic E-state index is 11.6. The molecule has 0 fully saturated rings. The van der Waals surface area contributed by atoms with Crippen LogP contribution in [0.25, 0.3) is 0 Å². The van der Waals surface area contributed by atoms with E-state index in [1.807, 2.05) is 6.07 Å². The first kappa shape index (κ1) is 11.3. The van der Waals surface area contributed by atoms with Crippen molar-refractivity contribution in [3.8, 4) is 11.8 Å². The highest BCUT2D eigenvalue weighted by molar-refractivity contribution is 5.96. The van der Waals surface area contributed by atoms with Gasteiger partial charge in [0.25, 0.3) is 0 Å². The van der Waals surface area contributed by atoms with Gasteiger partial charge in [-0.2, -0.15) is 5.26 Å². The lowest BCUT2D eigenvalue weighted by molar-refractivity contribution is 0.0973. The van der Waals surface area contributed by atoms with Crippen LogP contribution in [-0.4, -0.2) is 12.9 Å². The van der Waals surface area contributed by atoms with Crippen molar-refractivity contribution >= 4 is 5.78 Å². The summed E-state index contributed by atoms with van der Waals surface area (Å²) in [5.41, 5.74) is 0.623. The first-order valence-electron chi connectivity index (χ1n) is 4.74. The number of carbonyl (C=O) groups is 1. The predicted molar refractivity (Wildman–Crippen MR) is 56.7 cm³/mol. The van der Waals surface area contributed by atoms with Gasteiger partial charge in [0.2, 0.25) is 0 Å². The molecular weight excluding hydrogens is 190 g/mol. The molecule has 1 atom stereocenters. The van der Waals surface area contributed by atoms with Gasteiger partial charge in [-0.3, -0.25) is 4.79 Å². The van der Waals surface area contributed by atoms with Crippen LogP contribution in [0, 0.1) is 17.2 Å². The molecule has 3 heteroatoms. The summed E-state index contributed by atoms with van der Waals surface area (Å²) in [7, 11) is 1.58. The number of hydrogen-bond donors (Lipinski definition) is 0. The van der Waals surface area contributed by atoms with Crippen LogP contribution in [0.15, 0.2) is 24.3 Å². The molecular formula is C12H13NO2. The first-order chi connectivity index (χ1) is 7.17. The zero-order valence-electron chi connectivity index (χ0n) is 8.86. The Balaban J connectivity index is 2.71. The van der Waals surface area contributed by atoms with Crippen LogP contribution in [0.1, 0.15) is 23.7 Å². The van der Waals surface area contributed by atoms with Gasteiger partial charge in [0.05, 0.1) is 19.1 Å². The van der Waals surface area contributed by atoms with Crippen LogP contribution >= 0.6 is 0 Å². The van der Waals surface area contributed by atoms with Gasteiger partial charge in [-0.1, -0.05) is 0 Å². The number of ketones is 1. The summed E-state index contributed by atoms with van der Waals surface area (Å²) in [5.74, 6) is 0.478. The van der Waals surface area contributed by atoms with Crippen molar-refractivity contribution < 1.29 is 9.53 Å². The summed E-state index contributed by atoms with van der Waals surface area (Å²) in [6.45, 7) is 1.74. The van der Waals surface area contributed by atoms with Crippen LogP contribution < -0.4 is 4.74 Å². The van der Waals surface area contributed by atoms with E-state index in [9.17, 15) is 4.79 Å². The van der Waals surface area contributed by atoms with E-state index in [4.69, 9.17) is 10.00 Å². The first-order valence-corrected chi connectivity index (χ1v) is 4.74. The molecule has 0 unspecified atom stereocenters. The molecule has 1 aromatic carbocycles. The zero-order valence-corrected chi connectivity index (χ0v) is 8.86. The fourth-order valence-corrected chi connectivity index (χ4v) is 1.22. The summed E-state index contributed by atoms with van der Waals surface area (Å²) in [4.78, 5) is 11.6. The Morgan fingerprint density at radius 1 is 1.47 bits per heavy atom. The quantitative estimate of drug-likeness (QED) is 0.706. The molecule has 0 radical (unpaired) electrons. The Labute approximate surface area is 89.3 Å². The summed E-state index contributed by atoms with van der Waals surface area (Å²) in [5, 5.41) is 8.59. The van der Waals surface area contributed by atoms with Gasteiger partial charge in [-0.15, -0.1) is 0 Å². The lowest BCUT2D eigenvalue weighted by atomic mass is 10.0. The molecule has 0 spiro atoms. The highest BCUT2D eigenvalue weighted by Gasteiger charge is 2.10. The number of carbonyl (C=O) groups excluding carboxylic acids is 1. The Hall–Kier alpha value is -1.82. The Morgan fingerprint density at radius 2 is 2.07 bits per heavy atom. The molecule has 0 bridgehead atoms. The third-order valence-corrected chi connectivity index (χ3v) is 2.12. The van der Waals surface area contributed by atoms with Crippen LogP contribution in [0.3, 0.4) is 0 Å². The van der Waals surface area contributed by atoms with E-state index in [0.29, 0.717) is 5.56 Å². The van der Waals surface area contributed by atoms with E-state index >= 15 is 0 Å². The SMILES string of the molecule is COc1ccc(C(=O)C[C@@H](C)C#N)cc1. The van der Waals surface area contributed by atoms with Crippen LogP contribution in [0.5, 0.6) is 5.75 Å². The average Bonchev–Trinajstić information content (AvgIpc) is 2.29. The van der Waals surface area contributed by atoms with Crippen molar-refractivity contribution in [1.29, 1.82) is 5.26 Å². The molecule has 0 N–H and O–H groups in total. The standard InChI is InChI=1S/C12H13NO2/c1-9(8-13)7-12(14)10-3-5-11(15-2)6-4-10/h3-6,9H,7H2,1-2H3/t9-/m1/s1. The number of benzene rings is 1.